The predicted molar refractivity (Wildman–Crippen MR) is 91.7 cm³/mol. The Hall–Kier alpha value is -1.79. The molecule has 6 nitrogen and oxygen atoms in total. The van der Waals surface area contributed by atoms with E-state index in [1.807, 2.05) is 6.07 Å². The van der Waals surface area contributed by atoms with Crippen molar-refractivity contribution in [3.63, 3.8) is 0 Å². The minimum absolute atomic E-state index is 0.0977. The maximum atomic E-state index is 9.91. The highest BCUT2D eigenvalue weighted by atomic mass is 16.3. The van der Waals surface area contributed by atoms with Crippen molar-refractivity contribution in [1.29, 1.82) is 0 Å². The summed E-state index contributed by atoms with van der Waals surface area (Å²) < 4.78 is 0. The van der Waals surface area contributed by atoms with Gasteiger partial charge in [-0.1, -0.05) is 31.9 Å². The first-order valence-electron chi connectivity index (χ1n) is 8.25. The number of rotatable bonds is 5. The Kier molecular flexibility index (Phi) is 6.67. The molecular formula is C17H27N3O3. The normalized spacial score (nSPS) is 23.3. The summed E-state index contributed by atoms with van der Waals surface area (Å²) in [7, 11) is 0. The number of hydrogen-bond donors (Lipinski definition) is 5. The number of aromatic hydroxyl groups is 1. The lowest BCUT2D eigenvalue weighted by Gasteiger charge is -2.31. The van der Waals surface area contributed by atoms with Crippen molar-refractivity contribution in [3.05, 3.63) is 24.3 Å². The van der Waals surface area contributed by atoms with Crippen LogP contribution in [0.5, 0.6) is 5.75 Å². The second kappa shape index (κ2) is 8.74. The molecule has 3 unspecified atom stereocenters. The molecule has 0 heterocycles. The summed E-state index contributed by atoms with van der Waals surface area (Å²) >= 11 is 0. The number of aliphatic hydroxyl groups excluding tert-OH is 2. The first kappa shape index (κ1) is 17.6. The number of aliphatic imine (C=N–C) groups is 1. The molecule has 23 heavy (non-hydrogen) atoms. The van der Waals surface area contributed by atoms with E-state index in [1.165, 1.54) is 19.3 Å². The molecule has 0 radical (unpaired) electrons. The van der Waals surface area contributed by atoms with Gasteiger partial charge in [0.25, 0.3) is 0 Å². The van der Waals surface area contributed by atoms with Crippen LogP contribution in [0, 0.1) is 5.92 Å². The Morgan fingerprint density at radius 3 is 2.74 bits per heavy atom. The molecule has 0 bridgehead atoms. The van der Waals surface area contributed by atoms with E-state index in [-0.39, 0.29) is 18.9 Å². The molecule has 0 amide bonds. The molecule has 1 aliphatic carbocycles. The lowest BCUT2D eigenvalue weighted by atomic mass is 9.86. The van der Waals surface area contributed by atoms with Crippen LogP contribution in [0.25, 0.3) is 0 Å². The average molecular weight is 321 g/mol. The van der Waals surface area contributed by atoms with E-state index in [2.05, 4.69) is 22.5 Å². The van der Waals surface area contributed by atoms with Crippen LogP contribution in [0.1, 0.15) is 32.6 Å². The number of para-hydroxylation sites is 2. The number of phenols is 1. The lowest BCUT2D eigenvalue weighted by Crippen LogP contribution is -2.44. The van der Waals surface area contributed by atoms with Crippen molar-refractivity contribution in [1.82, 2.24) is 5.32 Å². The van der Waals surface area contributed by atoms with Crippen molar-refractivity contribution in [2.75, 3.05) is 18.5 Å². The first-order valence-corrected chi connectivity index (χ1v) is 8.25. The molecule has 1 aromatic rings. The van der Waals surface area contributed by atoms with Crippen LogP contribution in [0.15, 0.2) is 29.3 Å². The van der Waals surface area contributed by atoms with Crippen molar-refractivity contribution >= 4 is 11.6 Å². The van der Waals surface area contributed by atoms with E-state index in [0.29, 0.717) is 23.6 Å². The van der Waals surface area contributed by atoms with Gasteiger partial charge < -0.3 is 26.0 Å². The molecule has 1 aliphatic rings. The fraction of sp³-hybridized carbons (Fsp3) is 0.588. The molecule has 1 saturated carbocycles. The van der Waals surface area contributed by atoms with E-state index < -0.39 is 6.10 Å². The minimum atomic E-state index is -0.887. The van der Waals surface area contributed by atoms with Crippen molar-refractivity contribution in [3.8, 4) is 5.75 Å². The van der Waals surface area contributed by atoms with Crippen LogP contribution in [0.2, 0.25) is 0 Å². The monoisotopic (exact) mass is 321 g/mol. The van der Waals surface area contributed by atoms with Gasteiger partial charge in [-0.05, 0) is 30.9 Å². The summed E-state index contributed by atoms with van der Waals surface area (Å²) in [4.78, 5) is 4.33. The second-order valence-corrected chi connectivity index (χ2v) is 6.18. The molecule has 6 heteroatoms. The largest absolute Gasteiger partial charge is 0.506 e. The maximum absolute atomic E-state index is 9.91. The van der Waals surface area contributed by atoms with E-state index >= 15 is 0 Å². The number of benzene rings is 1. The zero-order valence-electron chi connectivity index (χ0n) is 13.6. The fourth-order valence-corrected chi connectivity index (χ4v) is 2.79. The Bertz CT molecular complexity index is 522. The summed E-state index contributed by atoms with van der Waals surface area (Å²) in [6.07, 6.45) is 3.81. The zero-order valence-corrected chi connectivity index (χ0v) is 13.6. The van der Waals surface area contributed by atoms with Gasteiger partial charge in [0.15, 0.2) is 5.96 Å². The smallest absolute Gasteiger partial charge is 0.196 e. The summed E-state index contributed by atoms with van der Waals surface area (Å²) in [5.74, 6) is 1.20. The Labute approximate surface area is 137 Å². The van der Waals surface area contributed by atoms with Crippen LogP contribution >= 0.6 is 0 Å². The molecular weight excluding hydrogens is 294 g/mol. The molecule has 128 valence electrons. The molecule has 0 spiro atoms. The number of phenolic OH excluding ortho intramolecular Hbond substituents is 1. The predicted octanol–water partition coefficient (Wildman–Crippen LogP) is 1.68. The molecule has 1 aromatic carbocycles. The minimum Gasteiger partial charge on any atom is -0.506 e. The van der Waals surface area contributed by atoms with E-state index in [4.69, 9.17) is 5.11 Å². The molecule has 5 N–H and O–H groups in total. The Balaban J connectivity index is 2.09. The molecule has 0 aromatic heterocycles. The van der Waals surface area contributed by atoms with Gasteiger partial charge in [-0.15, -0.1) is 0 Å². The Morgan fingerprint density at radius 2 is 2.04 bits per heavy atom. The number of nitrogens with zero attached hydrogens (tertiary/aromatic N) is 1. The van der Waals surface area contributed by atoms with Gasteiger partial charge in [0.1, 0.15) is 5.75 Å². The van der Waals surface area contributed by atoms with Gasteiger partial charge in [0, 0.05) is 6.04 Å². The summed E-state index contributed by atoms with van der Waals surface area (Å²) in [6, 6.07) is 7.26. The van der Waals surface area contributed by atoms with Crippen LogP contribution in [-0.2, 0) is 0 Å². The summed E-state index contributed by atoms with van der Waals surface area (Å²) in [5, 5.41) is 34.9. The highest BCUT2D eigenvalue weighted by Gasteiger charge is 2.22. The topological polar surface area (TPSA) is 97.1 Å². The molecule has 2 rings (SSSR count). The fourth-order valence-electron chi connectivity index (χ4n) is 2.79. The number of guanidine groups is 1. The standard InChI is InChI=1S/C17H27N3O3/c1-12-6-2-3-7-14(12)19-17(18-10-13(22)11-21)20-15-8-4-5-9-16(15)23/h4-5,8-9,12-14,21-23H,2-3,6-7,10-11H2,1H3,(H2,18,19,20). The SMILES string of the molecule is CC1CCCCC1NC(=NCC(O)CO)Nc1ccccc1O. The first-order chi connectivity index (χ1) is 11.1. The van der Waals surface area contributed by atoms with Crippen LogP contribution in [0.3, 0.4) is 0 Å². The third kappa shape index (κ3) is 5.41. The Morgan fingerprint density at radius 1 is 1.30 bits per heavy atom. The third-order valence-electron chi connectivity index (χ3n) is 4.26. The van der Waals surface area contributed by atoms with E-state index in [1.54, 1.807) is 18.2 Å². The number of anilines is 1. The average Bonchev–Trinajstić information content (AvgIpc) is 2.56. The lowest BCUT2D eigenvalue weighted by molar-refractivity contribution is 0.102. The van der Waals surface area contributed by atoms with Crippen molar-refractivity contribution in [2.24, 2.45) is 10.9 Å². The van der Waals surface area contributed by atoms with Gasteiger partial charge in [-0.2, -0.15) is 0 Å². The van der Waals surface area contributed by atoms with E-state index in [0.717, 1.165) is 6.42 Å². The molecule has 0 saturated heterocycles. The van der Waals surface area contributed by atoms with Crippen LogP contribution in [0.4, 0.5) is 5.69 Å². The van der Waals surface area contributed by atoms with Gasteiger partial charge in [0.2, 0.25) is 0 Å². The maximum Gasteiger partial charge on any atom is 0.196 e. The highest BCUT2D eigenvalue weighted by molar-refractivity contribution is 5.95. The number of aliphatic hydroxyl groups is 2. The summed E-state index contributed by atoms with van der Waals surface area (Å²) in [6.45, 7) is 1.99. The van der Waals surface area contributed by atoms with E-state index in [9.17, 15) is 10.2 Å². The highest BCUT2D eigenvalue weighted by Crippen LogP contribution is 2.25. The third-order valence-corrected chi connectivity index (χ3v) is 4.26. The quantitative estimate of drug-likeness (QED) is 0.323. The number of hydrogen-bond acceptors (Lipinski definition) is 4. The second-order valence-electron chi connectivity index (χ2n) is 6.18. The van der Waals surface area contributed by atoms with Gasteiger partial charge in [-0.25, -0.2) is 0 Å². The van der Waals surface area contributed by atoms with Gasteiger partial charge in [0.05, 0.1) is 24.9 Å². The molecule has 3 atom stereocenters. The van der Waals surface area contributed by atoms with Crippen LogP contribution in [-0.4, -0.2) is 46.6 Å². The number of nitrogens with one attached hydrogen (secondary N) is 2. The summed E-state index contributed by atoms with van der Waals surface area (Å²) in [5.41, 5.74) is 0.556. The van der Waals surface area contributed by atoms with Gasteiger partial charge >= 0.3 is 0 Å². The van der Waals surface area contributed by atoms with Crippen molar-refractivity contribution in [2.45, 2.75) is 44.8 Å². The molecule has 1 fully saturated rings. The van der Waals surface area contributed by atoms with Crippen LogP contribution < -0.4 is 10.6 Å². The van der Waals surface area contributed by atoms with Gasteiger partial charge in [-0.3, -0.25) is 4.99 Å². The molecule has 0 aliphatic heterocycles. The van der Waals surface area contributed by atoms with Crippen molar-refractivity contribution < 1.29 is 15.3 Å². The zero-order chi connectivity index (χ0) is 16.7.